The van der Waals surface area contributed by atoms with E-state index >= 15 is 0 Å². The summed E-state index contributed by atoms with van der Waals surface area (Å²) in [6, 6.07) is 19.8. The van der Waals surface area contributed by atoms with Crippen molar-refractivity contribution in [2.45, 2.75) is 33.2 Å². The first-order chi connectivity index (χ1) is 9.81. The van der Waals surface area contributed by atoms with E-state index in [0.717, 1.165) is 32.5 Å². The Kier molecular flexibility index (Phi) is 5.82. The average molecular weight is 267 g/mol. The van der Waals surface area contributed by atoms with E-state index in [1.54, 1.807) is 0 Å². The van der Waals surface area contributed by atoms with Crippen LogP contribution in [0.15, 0.2) is 54.6 Å². The van der Waals surface area contributed by atoms with Gasteiger partial charge in [-0.2, -0.15) is 0 Å². The van der Waals surface area contributed by atoms with E-state index in [9.17, 15) is 0 Å². The highest BCUT2D eigenvalue weighted by molar-refractivity contribution is 5.24. The van der Waals surface area contributed by atoms with Crippen LogP contribution >= 0.6 is 0 Å². The van der Waals surface area contributed by atoms with E-state index in [2.05, 4.69) is 73.3 Å². The lowest BCUT2D eigenvalue weighted by Gasteiger charge is -2.18. The SMILES string of the molecule is CCN(CC)Cc1ccc(CCc2ccccc2)cc1. The van der Waals surface area contributed by atoms with Crippen molar-refractivity contribution in [2.24, 2.45) is 0 Å². The zero-order valence-electron chi connectivity index (χ0n) is 12.7. The van der Waals surface area contributed by atoms with E-state index in [1.807, 2.05) is 0 Å². The summed E-state index contributed by atoms with van der Waals surface area (Å²) >= 11 is 0. The third-order valence-corrected chi connectivity index (χ3v) is 3.87. The third kappa shape index (κ3) is 4.50. The average Bonchev–Trinajstić information content (AvgIpc) is 2.53. The lowest BCUT2D eigenvalue weighted by Crippen LogP contribution is -2.22. The van der Waals surface area contributed by atoms with Crippen molar-refractivity contribution >= 4 is 0 Å². The Morgan fingerprint density at radius 3 is 1.70 bits per heavy atom. The van der Waals surface area contributed by atoms with Crippen LogP contribution in [0.1, 0.15) is 30.5 Å². The summed E-state index contributed by atoms with van der Waals surface area (Å²) < 4.78 is 0. The molecule has 2 aromatic carbocycles. The first-order valence-electron chi connectivity index (χ1n) is 7.66. The molecule has 0 bridgehead atoms. The molecule has 0 atom stereocenters. The molecular weight excluding hydrogens is 242 g/mol. The van der Waals surface area contributed by atoms with Crippen LogP contribution in [-0.2, 0) is 19.4 Å². The van der Waals surface area contributed by atoms with Gasteiger partial charge in [0.1, 0.15) is 0 Å². The molecule has 0 radical (unpaired) electrons. The van der Waals surface area contributed by atoms with E-state index in [-0.39, 0.29) is 0 Å². The molecule has 0 aromatic heterocycles. The fraction of sp³-hybridized carbons (Fsp3) is 0.368. The molecule has 2 aromatic rings. The van der Waals surface area contributed by atoms with Gasteiger partial charge in [-0.15, -0.1) is 0 Å². The summed E-state index contributed by atoms with van der Waals surface area (Å²) in [5, 5.41) is 0. The smallest absolute Gasteiger partial charge is 0.0233 e. The molecule has 0 heterocycles. The number of hydrogen-bond acceptors (Lipinski definition) is 1. The van der Waals surface area contributed by atoms with Gasteiger partial charge in [0.05, 0.1) is 0 Å². The number of hydrogen-bond donors (Lipinski definition) is 0. The summed E-state index contributed by atoms with van der Waals surface area (Å²) in [7, 11) is 0. The summed E-state index contributed by atoms with van der Waals surface area (Å²) in [4.78, 5) is 2.44. The highest BCUT2D eigenvalue weighted by Crippen LogP contribution is 2.10. The molecule has 0 aliphatic carbocycles. The maximum atomic E-state index is 2.44. The van der Waals surface area contributed by atoms with Crippen LogP contribution in [-0.4, -0.2) is 18.0 Å². The highest BCUT2D eigenvalue weighted by Gasteiger charge is 2.01. The molecule has 0 N–H and O–H groups in total. The van der Waals surface area contributed by atoms with Crippen LogP contribution in [0.2, 0.25) is 0 Å². The largest absolute Gasteiger partial charge is 0.300 e. The molecule has 0 amide bonds. The Morgan fingerprint density at radius 1 is 0.650 bits per heavy atom. The van der Waals surface area contributed by atoms with Crippen molar-refractivity contribution < 1.29 is 0 Å². The first kappa shape index (κ1) is 14.8. The molecule has 106 valence electrons. The van der Waals surface area contributed by atoms with Gasteiger partial charge < -0.3 is 0 Å². The van der Waals surface area contributed by atoms with Crippen LogP contribution in [0, 0.1) is 0 Å². The van der Waals surface area contributed by atoms with Crippen LogP contribution in [0.5, 0.6) is 0 Å². The Hall–Kier alpha value is -1.60. The lowest BCUT2D eigenvalue weighted by atomic mass is 10.0. The van der Waals surface area contributed by atoms with Gasteiger partial charge in [-0.25, -0.2) is 0 Å². The fourth-order valence-electron chi connectivity index (χ4n) is 2.45. The Balaban J connectivity index is 1.88. The maximum absolute atomic E-state index is 2.44. The monoisotopic (exact) mass is 267 g/mol. The van der Waals surface area contributed by atoms with E-state index in [0.29, 0.717) is 0 Å². The van der Waals surface area contributed by atoms with Crippen LogP contribution in [0.4, 0.5) is 0 Å². The summed E-state index contributed by atoms with van der Waals surface area (Å²) in [6.45, 7) is 7.74. The van der Waals surface area contributed by atoms with Crippen molar-refractivity contribution in [2.75, 3.05) is 13.1 Å². The van der Waals surface area contributed by atoms with Crippen LogP contribution in [0.3, 0.4) is 0 Å². The zero-order valence-corrected chi connectivity index (χ0v) is 12.7. The van der Waals surface area contributed by atoms with Gasteiger partial charge in [0.15, 0.2) is 0 Å². The van der Waals surface area contributed by atoms with Crippen molar-refractivity contribution in [3.8, 4) is 0 Å². The molecule has 0 aliphatic rings. The van der Waals surface area contributed by atoms with E-state index < -0.39 is 0 Å². The molecular formula is C19H25N. The van der Waals surface area contributed by atoms with E-state index in [1.165, 1.54) is 16.7 Å². The fourth-order valence-corrected chi connectivity index (χ4v) is 2.45. The van der Waals surface area contributed by atoms with Crippen molar-refractivity contribution in [1.82, 2.24) is 4.90 Å². The van der Waals surface area contributed by atoms with Gasteiger partial charge in [0.2, 0.25) is 0 Å². The standard InChI is InChI=1S/C19H25N/c1-3-20(4-2)16-19-14-12-18(13-15-19)11-10-17-8-6-5-7-9-17/h5-9,12-15H,3-4,10-11,16H2,1-2H3. The minimum absolute atomic E-state index is 1.06. The minimum Gasteiger partial charge on any atom is -0.300 e. The number of nitrogens with zero attached hydrogens (tertiary/aromatic N) is 1. The van der Waals surface area contributed by atoms with Gasteiger partial charge >= 0.3 is 0 Å². The summed E-state index contributed by atoms with van der Waals surface area (Å²) in [5.74, 6) is 0. The Labute approximate surface area is 123 Å². The predicted octanol–water partition coefficient (Wildman–Crippen LogP) is 4.31. The number of aryl methyl sites for hydroxylation is 2. The van der Waals surface area contributed by atoms with Crippen LogP contribution < -0.4 is 0 Å². The Morgan fingerprint density at radius 2 is 1.15 bits per heavy atom. The quantitative estimate of drug-likeness (QED) is 0.722. The zero-order chi connectivity index (χ0) is 14.2. The van der Waals surface area contributed by atoms with Gasteiger partial charge in [0.25, 0.3) is 0 Å². The number of benzene rings is 2. The van der Waals surface area contributed by atoms with Crippen LogP contribution in [0.25, 0.3) is 0 Å². The molecule has 20 heavy (non-hydrogen) atoms. The second-order valence-electron chi connectivity index (χ2n) is 5.26. The molecule has 1 nitrogen and oxygen atoms in total. The predicted molar refractivity (Wildman–Crippen MR) is 86.9 cm³/mol. The van der Waals surface area contributed by atoms with Gasteiger partial charge in [-0.1, -0.05) is 68.4 Å². The summed E-state index contributed by atoms with van der Waals surface area (Å²) in [6.07, 6.45) is 2.24. The second kappa shape index (κ2) is 7.86. The molecule has 0 aliphatic heterocycles. The molecule has 0 saturated heterocycles. The molecule has 0 unspecified atom stereocenters. The topological polar surface area (TPSA) is 3.24 Å². The lowest BCUT2D eigenvalue weighted by molar-refractivity contribution is 0.296. The molecule has 0 spiro atoms. The minimum atomic E-state index is 1.06. The first-order valence-corrected chi connectivity index (χ1v) is 7.66. The second-order valence-corrected chi connectivity index (χ2v) is 5.26. The molecule has 1 heteroatoms. The van der Waals surface area contributed by atoms with Gasteiger partial charge in [0, 0.05) is 6.54 Å². The van der Waals surface area contributed by atoms with Crippen molar-refractivity contribution in [3.63, 3.8) is 0 Å². The third-order valence-electron chi connectivity index (χ3n) is 3.87. The Bertz CT molecular complexity index is 483. The summed E-state index contributed by atoms with van der Waals surface area (Å²) in [5.41, 5.74) is 4.26. The number of rotatable bonds is 7. The molecule has 2 rings (SSSR count). The highest BCUT2D eigenvalue weighted by atomic mass is 15.1. The van der Waals surface area contributed by atoms with E-state index in [4.69, 9.17) is 0 Å². The van der Waals surface area contributed by atoms with Gasteiger partial charge in [-0.3, -0.25) is 4.90 Å². The molecule has 0 saturated carbocycles. The normalized spacial score (nSPS) is 10.9. The maximum Gasteiger partial charge on any atom is 0.0233 e. The van der Waals surface area contributed by atoms with Crippen molar-refractivity contribution in [1.29, 1.82) is 0 Å². The van der Waals surface area contributed by atoms with Gasteiger partial charge in [-0.05, 0) is 42.6 Å². The molecule has 0 fully saturated rings. The van der Waals surface area contributed by atoms with Crippen molar-refractivity contribution in [3.05, 3.63) is 71.3 Å².